The Kier molecular flexibility index (Phi) is 4.45. The quantitative estimate of drug-likeness (QED) is 0.830. The molecule has 0 unspecified atom stereocenters. The number of aryl methyl sites for hydroxylation is 2. The van der Waals surface area contributed by atoms with Crippen molar-refractivity contribution in [1.29, 1.82) is 0 Å². The molecule has 0 saturated carbocycles. The molecule has 2 heterocycles. The van der Waals surface area contributed by atoms with Gasteiger partial charge in [0.05, 0.1) is 10.6 Å². The van der Waals surface area contributed by atoms with Crippen molar-refractivity contribution >= 4 is 27.3 Å². The largest absolute Gasteiger partial charge is 0.477 e. The fraction of sp³-hybridized carbons (Fsp3) is 0.333. The maximum Gasteiger partial charge on any atom is 0.345 e. The number of carboxylic acids is 1. The molecule has 0 bridgehead atoms. The van der Waals surface area contributed by atoms with E-state index in [9.17, 15) is 13.2 Å². The molecule has 0 radical (unpaired) electrons. The number of carbonyl (C=O) groups is 1. The van der Waals surface area contributed by atoms with Gasteiger partial charge in [0.1, 0.15) is 4.88 Å². The van der Waals surface area contributed by atoms with Crippen LogP contribution < -0.4 is 4.72 Å². The van der Waals surface area contributed by atoms with Gasteiger partial charge in [-0.2, -0.15) is 5.10 Å². The highest BCUT2D eigenvalue weighted by atomic mass is 32.2. The fourth-order valence-corrected chi connectivity index (χ4v) is 3.97. The molecule has 2 aromatic heterocycles. The standard InChI is InChI=1S/C12H15N3O4S2/c1-3-10-8(6-15(2)14-10)5-13-21(18,19)9-4-11(12(16)17)20-7-9/h4,6-7,13H,3,5H2,1-2H3,(H,16,17). The second-order valence-corrected chi connectivity index (χ2v) is 7.08. The van der Waals surface area contributed by atoms with Gasteiger partial charge in [0.25, 0.3) is 0 Å². The zero-order valence-corrected chi connectivity index (χ0v) is 13.2. The van der Waals surface area contributed by atoms with Gasteiger partial charge in [0.15, 0.2) is 0 Å². The van der Waals surface area contributed by atoms with Crippen LogP contribution in [0.2, 0.25) is 0 Å². The second-order valence-electron chi connectivity index (χ2n) is 4.40. The number of sulfonamides is 1. The highest BCUT2D eigenvalue weighted by Gasteiger charge is 2.19. The molecule has 2 aromatic rings. The van der Waals surface area contributed by atoms with E-state index in [2.05, 4.69) is 9.82 Å². The van der Waals surface area contributed by atoms with Crippen LogP contribution >= 0.6 is 11.3 Å². The van der Waals surface area contributed by atoms with Gasteiger partial charge in [0, 0.05) is 30.7 Å². The van der Waals surface area contributed by atoms with Gasteiger partial charge >= 0.3 is 5.97 Å². The first kappa shape index (κ1) is 15.7. The van der Waals surface area contributed by atoms with E-state index in [-0.39, 0.29) is 16.3 Å². The second kappa shape index (κ2) is 5.96. The SMILES string of the molecule is CCc1nn(C)cc1CNS(=O)(=O)c1csc(C(=O)O)c1. The van der Waals surface area contributed by atoms with Crippen LogP contribution in [0.4, 0.5) is 0 Å². The molecule has 0 spiro atoms. The summed E-state index contributed by atoms with van der Waals surface area (Å²) < 4.78 is 28.3. The van der Waals surface area contributed by atoms with Gasteiger partial charge < -0.3 is 5.11 Å². The number of nitrogens with one attached hydrogen (secondary N) is 1. The normalized spacial score (nSPS) is 11.7. The van der Waals surface area contributed by atoms with Crippen molar-refractivity contribution in [3.8, 4) is 0 Å². The predicted octanol–water partition coefficient (Wildman–Crippen LogP) is 1.22. The number of carboxylic acid groups (broad SMARTS) is 1. The summed E-state index contributed by atoms with van der Waals surface area (Å²) in [5.41, 5.74) is 1.63. The zero-order valence-electron chi connectivity index (χ0n) is 11.5. The Morgan fingerprint density at radius 2 is 2.24 bits per heavy atom. The average molecular weight is 329 g/mol. The van der Waals surface area contributed by atoms with Crippen molar-refractivity contribution in [2.75, 3.05) is 0 Å². The van der Waals surface area contributed by atoms with E-state index in [4.69, 9.17) is 5.11 Å². The number of aromatic nitrogens is 2. The molecule has 0 saturated heterocycles. The minimum atomic E-state index is -3.73. The van der Waals surface area contributed by atoms with E-state index < -0.39 is 16.0 Å². The van der Waals surface area contributed by atoms with Crippen LogP contribution in [-0.2, 0) is 30.0 Å². The smallest absolute Gasteiger partial charge is 0.345 e. The summed E-state index contributed by atoms with van der Waals surface area (Å²) in [7, 11) is -1.95. The Morgan fingerprint density at radius 1 is 1.52 bits per heavy atom. The summed E-state index contributed by atoms with van der Waals surface area (Å²) in [6, 6.07) is 1.15. The number of hydrogen-bond donors (Lipinski definition) is 2. The molecule has 9 heteroatoms. The lowest BCUT2D eigenvalue weighted by Crippen LogP contribution is -2.23. The van der Waals surface area contributed by atoms with E-state index in [0.717, 1.165) is 28.7 Å². The number of hydrogen-bond acceptors (Lipinski definition) is 5. The summed E-state index contributed by atoms with van der Waals surface area (Å²) in [5, 5.41) is 14.4. The van der Waals surface area contributed by atoms with Gasteiger partial charge in [-0.15, -0.1) is 11.3 Å². The van der Waals surface area contributed by atoms with Crippen molar-refractivity contribution in [2.45, 2.75) is 24.8 Å². The number of nitrogens with zero attached hydrogens (tertiary/aromatic N) is 2. The summed E-state index contributed by atoms with van der Waals surface area (Å²) in [6.07, 6.45) is 2.47. The molecular weight excluding hydrogens is 314 g/mol. The van der Waals surface area contributed by atoms with Gasteiger partial charge in [-0.05, 0) is 12.5 Å². The third-order valence-electron chi connectivity index (χ3n) is 2.88. The van der Waals surface area contributed by atoms with Gasteiger partial charge in [-0.1, -0.05) is 6.92 Å². The predicted molar refractivity (Wildman–Crippen MR) is 77.9 cm³/mol. The summed E-state index contributed by atoms with van der Waals surface area (Å²) >= 11 is 0.883. The molecule has 0 aromatic carbocycles. The Morgan fingerprint density at radius 3 is 2.81 bits per heavy atom. The Hall–Kier alpha value is -1.71. The molecule has 0 fully saturated rings. The first-order chi connectivity index (χ1) is 9.83. The van der Waals surface area contributed by atoms with E-state index in [1.54, 1.807) is 17.9 Å². The lowest BCUT2D eigenvalue weighted by molar-refractivity contribution is 0.0702. The van der Waals surface area contributed by atoms with E-state index in [1.165, 1.54) is 5.38 Å². The molecule has 0 amide bonds. The van der Waals surface area contributed by atoms with Gasteiger partial charge in [-0.3, -0.25) is 4.68 Å². The third-order valence-corrected chi connectivity index (χ3v) is 5.32. The molecule has 0 aliphatic rings. The molecule has 114 valence electrons. The van der Waals surface area contributed by atoms with E-state index in [1.807, 2.05) is 6.92 Å². The van der Waals surface area contributed by atoms with Crippen LogP contribution in [0.15, 0.2) is 22.5 Å². The highest BCUT2D eigenvalue weighted by molar-refractivity contribution is 7.89. The van der Waals surface area contributed by atoms with Gasteiger partial charge in [0.2, 0.25) is 10.0 Å². The molecule has 0 aliphatic carbocycles. The Balaban J connectivity index is 2.15. The van der Waals surface area contributed by atoms with Crippen molar-refractivity contribution in [1.82, 2.24) is 14.5 Å². The molecule has 7 nitrogen and oxygen atoms in total. The Labute approximate surface area is 126 Å². The van der Waals surface area contributed by atoms with E-state index in [0.29, 0.717) is 6.42 Å². The van der Waals surface area contributed by atoms with Gasteiger partial charge in [-0.25, -0.2) is 17.9 Å². The maximum absolute atomic E-state index is 12.1. The first-order valence-electron chi connectivity index (χ1n) is 6.16. The first-order valence-corrected chi connectivity index (χ1v) is 8.52. The van der Waals surface area contributed by atoms with Crippen LogP contribution in [0.25, 0.3) is 0 Å². The van der Waals surface area contributed by atoms with Crippen LogP contribution in [0, 0.1) is 0 Å². The average Bonchev–Trinajstić information content (AvgIpc) is 3.03. The number of aromatic carboxylic acids is 1. The molecule has 2 N–H and O–H groups in total. The van der Waals surface area contributed by atoms with E-state index >= 15 is 0 Å². The topological polar surface area (TPSA) is 101 Å². The van der Waals surface area contributed by atoms with Crippen molar-refractivity contribution in [3.05, 3.63) is 33.8 Å². The van der Waals surface area contributed by atoms with Crippen LogP contribution in [0.5, 0.6) is 0 Å². The van der Waals surface area contributed by atoms with Crippen molar-refractivity contribution in [3.63, 3.8) is 0 Å². The maximum atomic E-state index is 12.1. The van der Waals surface area contributed by atoms with Crippen molar-refractivity contribution < 1.29 is 18.3 Å². The molecule has 0 aliphatic heterocycles. The van der Waals surface area contributed by atoms with Crippen LogP contribution in [0.1, 0.15) is 27.9 Å². The lowest BCUT2D eigenvalue weighted by atomic mass is 10.2. The number of thiophene rings is 1. The monoisotopic (exact) mass is 329 g/mol. The lowest BCUT2D eigenvalue weighted by Gasteiger charge is -2.04. The minimum absolute atomic E-state index is 0.00833. The summed E-state index contributed by atoms with van der Waals surface area (Å²) in [4.78, 5) is 10.7. The number of rotatable bonds is 6. The van der Waals surface area contributed by atoms with Crippen molar-refractivity contribution in [2.24, 2.45) is 7.05 Å². The zero-order chi connectivity index (χ0) is 15.6. The summed E-state index contributed by atoms with van der Waals surface area (Å²) in [6.45, 7) is 2.07. The van der Waals surface area contributed by atoms with Crippen LogP contribution in [0.3, 0.4) is 0 Å². The summed E-state index contributed by atoms with van der Waals surface area (Å²) in [5.74, 6) is -1.14. The molecule has 2 rings (SSSR count). The molecule has 21 heavy (non-hydrogen) atoms. The minimum Gasteiger partial charge on any atom is -0.477 e. The highest BCUT2D eigenvalue weighted by Crippen LogP contribution is 2.19. The van der Waals surface area contributed by atoms with Crippen LogP contribution in [-0.4, -0.2) is 29.3 Å². The fourth-order valence-electron chi connectivity index (χ4n) is 1.86. The molecular formula is C12H15N3O4S2. The third kappa shape index (κ3) is 3.49. The molecule has 0 atom stereocenters. The Bertz CT molecular complexity index is 761.